The molecule has 0 N–H and O–H groups in total. The lowest BCUT2D eigenvalue weighted by Crippen LogP contribution is -2.47. The quantitative estimate of drug-likeness (QED) is 0.421. The molecule has 1 aliphatic carbocycles. The molecule has 2 aliphatic heterocycles. The Morgan fingerprint density at radius 3 is 2.18 bits per heavy atom. The maximum atomic E-state index is 14.1. The highest BCUT2D eigenvalue weighted by molar-refractivity contribution is 5.32. The number of ether oxygens (including phenoxy) is 1. The number of halogens is 1. The Balaban J connectivity index is 0.00000149. The Hall–Kier alpha value is -1.13. The van der Waals surface area contributed by atoms with E-state index in [0.717, 1.165) is 18.5 Å². The van der Waals surface area contributed by atoms with Crippen molar-refractivity contribution in [1.82, 2.24) is 9.80 Å². The molecule has 3 fully saturated rings. The van der Waals surface area contributed by atoms with Crippen LogP contribution in [0.25, 0.3) is 0 Å². The highest BCUT2D eigenvalue weighted by Gasteiger charge is 2.31. The third-order valence-electron chi connectivity index (χ3n) is 7.78. The summed E-state index contributed by atoms with van der Waals surface area (Å²) in [6.45, 7) is 13.2. The van der Waals surface area contributed by atoms with E-state index in [0.29, 0.717) is 11.7 Å². The van der Waals surface area contributed by atoms with Crippen LogP contribution in [0.2, 0.25) is 0 Å². The van der Waals surface area contributed by atoms with Gasteiger partial charge in [-0.2, -0.15) is 4.39 Å². The Morgan fingerprint density at radius 1 is 0.909 bits per heavy atom. The molecular formula is C29H49FN2O. The number of alkyl halides is 1. The second-order valence-electron chi connectivity index (χ2n) is 10.7. The van der Waals surface area contributed by atoms with Crippen LogP contribution in [0, 0.1) is 5.92 Å². The summed E-state index contributed by atoms with van der Waals surface area (Å²) in [5, 5.41) is 0. The molecule has 1 aromatic rings. The first kappa shape index (κ1) is 26.5. The smallest absolute Gasteiger partial charge is 0.242 e. The summed E-state index contributed by atoms with van der Waals surface area (Å²) >= 11 is 0. The molecule has 0 amide bonds. The average molecular weight is 461 g/mol. The molecule has 4 heteroatoms. The monoisotopic (exact) mass is 460 g/mol. The summed E-state index contributed by atoms with van der Waals surface area (Å²) in [7, 11) is 0. The highest BCUT2D eigenvalue weighted by atomic mass is 19.2. The molecule has 0 aromatic heterocycles. The van der Waals surface area contributed by atoms with E-state index in [1.165, 1.54) is 110 Å². The van der Waals surface area contributed by atoms with Crippen LogP contribution in [0.3, 0.4) is 0 Å². The van der Waals surface area contributed by atoms with Gasteiger partial charge in [-0.05, 0) is 94.2 Å². The summed E-state index contributed by atoms with van der Waals surface area (Å²) in [6, 6.07) is 9.11. The van der Waals surface area contributed by atoms with Crippen LogP contribution in [0.1, 0.15) is 103 Å². The second-order valence-corrected chi connectivity index (χ2v) is 10.7. The topological polar surface area (TPSA) is 15.7 Å². The van der Waals surface area contributed by atoms with E-state index < -0.39 is 5.85 Å². The normalized spacial score (nSPS) is 22.9. The molecule has 1 aromatic carbocycles. The molecule has 1 saturated carbocycles. The van der Waals surface area contributed by atoms with E-state index in [-0.39, 0.29) is 0 Å². The number of rotatable bonds is 7. The molecule has 2 heterocycles. The van der Waals surface area contributed by atoms with E-state index in [1.54, 1.807) is 0 Å². The summed E-state index contributed by atoms with van der Waals surface area (Å²) in [6.07, 6.45) is 13.6. The minimum Gasteiger partial charge on any atom is -0.459 e. The van der Waals surface area contributed by atoms with Gasteiger partial charge >= 0.3 is 0 Å². The summed E-state index contributed by atoms with van der Waals surface area (Å²) in [5.41, 5.74) is 1.34. The Labute approximate surface area is 203 Å². The van der Waals surface area contributed by atoms with Gasteiger partial charge < -0.3 is 14.5 Å². The van der Waals surface area contributed by atoms with Gasteiger partial charge in [-0.25, -0.2) is 0 Å². The van der Waals surface area contributed by atoms with Crippen molar-refractivity contribution in [2.75, 3.05) is 32.7 Å². The predicted molar refractivity (Wildman–Crippen MR) is 138 cm³/mol. The van der Waals surface area contributed by atoms with Crippen LogP contribution in [0.4, 0.5) is 4.39 Å². The van der Waals surface area contributed by atoms with Crippen molar-refractivity contribution in [2.45, 2.75) is 110 Å². The standard InChI is InChI=1S/C27H43FN2O.C2H6/c1-27(2,28)31-25-13-9-12-23(20-25)26(22-10-5-3-6-11-22)21-29-18-14-24(15-19-29)30-16-7-4-8-17-30;1-2/h9,12-13,20,22,24,26H,3-8,10-11,14-19,21H2,1-2H3;1-2H3. The van der Waals surface area contributed by atoms with Crippen molar-refractivity contribution in [3.8, 4) is 5.75 Å². The van der Waals surface area contributed by atoms with Gasteiger partial charge in [0.2, 0.25) is 5.85 Å². The molecule has 3 aliphatic rings. The Bertz CT molecular complexity index is 668. The first-order valence-electron chi connectivity index (χ1n) is 13.9. The fourth-order valence-electron chi connectivity index (χ4n) is 6.18. The molecule has 0 radical (unpaired) electrons. The number of nitrogens with zero attached hydrogens (tertiary/aromatic N) is 2. The van der Waals surface area contributed by atoms with E-state index in [9.17, 15) is 4.39 Å². The lowest BCUT2D eigenvalue weighted by molar-refractivity contribution is -0.0258. The van der Waals surface area contributed by atoms with E-state index in [2.05, 4.69) is 28.0 Å². The van der Waals surface area contributed by atoms with Gasteiger partial charge in [0.1, 0.15) is 5.75 Å². The first-order chi connectivity index (χ1) is 16.0. The molecule has 4 rings (SSSR count). The van der Waals surface area contributed by atoms with Gasteiger partial charge in [-0.1, -0.05) is 51.7 Å². The fourth-order valence-corrected chi connectivity index (χ4v) is 6.18. The van der Waals surface area contributed by atoms with E-state index in [4.69, 9.17) is 4.74 Å². The van der Waals surface area contributed by atoms with Crippen LogP contribution in [-0.4, -0.2) is 54.4 Å². The fraction of sp³-hybridized carbons (Fsp3) is 0.793. The van der Waals surface area contributed by atoms with Gasteiger partial charge in [0.25, 0.3) is 0 Å². The third kappa shape index (κ3) is 8.24. The van der Waals surface area contributed by atoms with E-state index in [1.807, 2.05) is 19.9 Å². The van der Waals surface area contributed by atoms with Crippen molar-refractivity contribution in [1.29, 1.82) is 0 Å². The predicted octanol–water partition coefficient (Wildman–Crippen LogP) is 7.41. The largest absolute Gasteiger partial charge is 0.459 e. The minimum absolute atomic E-state index is 0.526. The molecule has 0 spiro atoms. The zero-order valence-corrected chi connectivity index (χ0v) is 21.8. The molecule has 2 saturated heterocycles. The van der Waals surface area contributed by atoms with Gasteiger partial charge in [-0.3, -0.25) is 0 Å². The van der Waals surface area contributed by atoms with Gasteiger partial charge in [0.15, 0.2) is 0 Å². The summed E-state index contributed by atoms with van der Waals surface area (Å²) in [5.74, 6) is 0.282. The van der Waals surface area contributed by atoms with Crippen molar-refractivity contribution < 1.29 is 9.13 Å². The van der Waals surface area contributed by atoms with Crippen molar-refractivity contribution in [3.63, 3.8) is 0 Å². The van der Waals surface area contributed by atoms with Gasteiger partial charge in [-0.15, -0.1) is 0 Å². The van der Waals surface area contributed by atoms with Crippen LogP contribution < -0.4 is 4.74 Å². The molecule has 1 unspecified atom stereocenters. The summed E-state index contributed by atoms with van der Waals surface area (Å²) < 4.78 is 19.7. The molecular weight excluding hydrogens is 411 g/mol. The first-order valence-corrected chi connectivity index (χ1v) is 13.9. The van der Waals surface area contributed by atoms with Crippen molar-refractivity contribution in [2.24, 2.45) is 5.92 Å². The number of hydrogen-bond acceptors (Lipinski definition) is 3. The zero-order chi connectivity index (χ0) is 23.7. The zero-order valence-electron chi connectivity index (χ0n) is 21.8. The second kappa shape index (κ2) is 13.1. The van der Waals surface area contributed by atoms with Crippen molar-refractivity contribution >= 4 is 0 Å². The molecule has 188 valence electrons. The highest BCUT2D eigenvalue weighted by Crippen LogP contribution is 2.38. The third-order valence-corrected chi connectivity index (χ3v) is 7.78. The van der Waals surface area contributed by atoms with Crippen LogP contribution in [0.15, 0.2) is 24.3 Å². The van der Waals surface area contributed by atoms with Gasteiger partial charge in [0.05, 0.1) is 0 Å². The van der Waals surface area contributed by atoms with Gasteiger partial charge in [0, 0.05) is 26.4 Å². The van der Waals surface area contributed by atoms with Crippen molar-refractivity contribution in [3.05, 3.63) is 29.8 Å². The summed E-state index contributed by atoms with van der Waals surface area (Å²) in [4.78, 5) is 5.48. The maximum Gasteiger partial charge on any atom is 0.242 e. The maximum absolute atomic E-state index is 14.1. The number of benzene rings is 1. The molecule has 0 bridgehead atoms. The molecule has 3 nitrogen and oxygen atoms in total. The minimum atomic E-state index is -1.64. The number of hydrogen-bond donors (Lipinski definition) is 0. The van der Waals surface area contributed by atoms with Crippen LogP contribution >= 0.6 is 0 Å². The molecule has 1 atom stereocenters. The van der Waals surface area contributed by atoms with Crippen LogP contribution in [-0.2, 0) is 0 Å². The lowest BCUT2D eigenvalue weighted by atomic mass is 9.76. The molecule has 33 heavy (non-hydrogen) atoms. The average Bonchev–Trinajstić information content (AvgIpc) is 2.84. The Kier molecular flexibility index (Phi) is 10.5. The SMILES string of the molecule is CC.CC(C)(F)Oc1cccc(C(CN2CCC(N3CCCCC3)CC2)C2CCCCC2)c1. The number of piperidine rings is 2. The Morgan fingerprint density at radius 2 is 1.55 bits per heavy atom. The number of likely N-dealkylation sites (tertiary alicyclic amines) is 2. The van der Waals surface area contributed by atoms with Crippen LogP contribution in [0.5, 0.6) is 5.75 Å². The lowest BCUT2D eigenvalue weighted by Gasteiger charge is -2.42. The van der Waals surface area contributed by atoms with E-state index >= 15 is 0 Å².